The Morgan fingerprint density at radius 3 is 2.19 bits per heavy atom. The van der Waals surface area contributed by atoms with Crippen molar-refractivity contribution in [2.45, 2.75) is 40.0 Å². The summed E-state index contributed by atoms with van der Waals surface area (Å²) >= 11 is 0. The Morgan fingerprint density at radius 2 is 1.44 bits per heavy atom. The van der Waals surface area contributed by atoms with Crippen LogP contribution < -0.4 is 14.7 Å². The van der Waals surface area contributed by atoms with Crippen molar-refractivity contribution >= 4 is 17.5 Å². The van der Waals surface area contributed by atoms with Gasteiger partial charge in [-0.3, -0.25) is 0 Å². The largest absolute Gasteiger partial charge is 0.368 e. The molecule has 2 aromatic rings. The van der Waals surface area contributed by atoms with E-state index < -0.39 is 0 Å². The molecule has 1 aromatic heterocycles. The van der Waals surface area contributed by atoms with Crippen LogP contribution >= 0.6 is 0 Å². The van der Waals surface area contributed by atoms with Crippen molar-refractivity contribution in [1.82, 2.24) is 9.97 Å². The second kappa shape index (κ2) is 7.75. The van der Waals surface area contributed by atoms with E-state index >= 15 is 0 Å². The molecular weight excluding hydrogens is 334 g/mol. The second-order valence-corrected chi connectivity index (χ2v) is 7.91. The van der Waals surface area contributed by atoms with Crippen LogP contribution in [0.25, 0.3) is 0 Å². The minimum Gasteiger partial charge on any atom is -0.368 e. The minimum absolute atomic E-state index is 0.918. The molecule has 2 fully saturated rings. The molecule has 0 atom stereocenters. The molecule has 3 heterocycles. The first-order valence-electron chi connectivity index (χ1n) is 10.3. The summed E-state index contributed by atoms with van der Waals surface area (Å²) in [5.74, 6) is 2.00. The molecule has 27 heavy (non-hydrogen) atoms. The standard InChI is InChI=1S/C22H31N5/c1-17-8-7-9-20(19(17)3)25-12-14-26(15-13-25)21-16-18(2)23-22(24-21)27-10-5-4-6-11-27/h7-9,16H,4-6,10-15H2,1-3H3. The van der Waals surface area contributed by atoms with Gasteiger partial charge in [0.05, 0.1) is 0 Å². The van der Waals surface area contributed by atoms with Crippen LogP contribution in [0.5, 0.6) is 0 Å². The summed E-state index contributed by atoms with van der Waals surface area (Å²) in [5, 5.41) is 0. The van der Waals surface area contributed by atoms with Crippen LogP contribution in [0, 0.1) is 20.8 Å². The summed E-state index contributed by atoms with van der Waals surface area (Å²) in [6.45, 7) is 12.8. The van der Waals surface area contributed by atoms with Crippen molar-refractivity contribution in [3.8, 4) is 0 Å². The van der Waals surface area contributed by atoms with E-state index in [4.69, 9.17) is 9.97 Å². The van der Waals surface area contributed by atoms with Crippen LogP contribution in [-0.4, -0.2) is 49.2 Å². The fourth-order valence-electron chi connectivity index (χ4n) is 4.19. The lowest BCUT2D eigenvalue weighted by molar-refractivity contribution is 0.566. The highest BCUT2D eigenvalue weighted by Gasteiger charge is 2.22. The number of benzene rings is 1. The predicted octanol–water partition coefficient (Wildman–Crippen LogP) is 3.72. The molecule has 2 aliphatic heterocycles. The van der Waals surface area contributed by atoms with Crippen LogP contribution in [0.1, 0.15) is 36.1 Å². The minimum atomic E-state index is 0.918. The molecule has 0 bridgehead atoms. The van der Waals surface area contributed by atoms with Gasteiger partial charge in [-0.15, -0.1) is 0 Å². The Balaban J connectivity index is 1.48. The Labute approximate surface area is 163 Å². The first kappa shape index (κ1) is 18.1. The van der Waals surface area contributed by atoms with Crippen LogP contribution in [0.15, 0.2) is 24.3 Å². The lowest BCUT2D eigenvalue weighted by Crippen LogP contribution is -2.47. The van der Waals surface area contributed by atoms with Gasteiger partial charge in [-0.1, -0.05) is 12.1 Å². The number of anilines is 3. The Kier molecular flexibility index (Phi) is 5.19. The van der Waals surface area contributed by atoms with E-state index in [2.05, 4.69) is 59.7 Å². The number of nitrogens with zero attached hydrogens (tertiary/aromatic N) is 5. The van der Waals surface area contributed by atoms with Gasteiger partial charge in [-0.2, -0.15) is 4.98 Å². The molecule has 0 saturated carbocycles. The van der Waals surface area contributed by atoms with E-state index in [1.54, 1.807) is 0 Å². The molecule has 0 unspecified atom stereocenters. The van der Waals surface area contributed by atoms with Crippen molar-refractivity contribution in [2.24, 2.45) is 0 Å². The maximum Gasteiger partial charge on any atom is 0.227 e. The average molecular weight is 366 g/mol. The number of hydrogen-bond donors (Lipinski definition) is 0. The molecule has 1 aromatic carbocycles. The average Bonchev–Trinajstić information content (AvgIpc) is 2.70. The predicted molar refractivity (Wildman–Crippen MR) is 113 cm³/mol. The van der Waals surface area contributed by atoms with E-state index in [-0.39, 0.29) is 0 Å². The third kappa shape index (κ3) is 3.87. The van der Waals surface area contributed by atoms with Crippen LogP contribution in [-0.2, 0) is 0 Å². The third-order valence-electron chi connectivity index (χ3n) is 5.99. The molecule has 144 valence electrons. The summed E-state index contributed by atoms with van der Waals surface area (Å²) in [7, 11) is 0. The van der Waals surface area contributed by atoms with Gasteiger partial charge in [0.1, 0.15) is 5.82 Å². The number of piperidine rings is 1. The van der Waals surface area contributed by atoms with Crippen LogP contribution in [0.3, 0.4) is 0 Å². The summed E-state index contributed by atoms with van der Waals surface area (Å²) < 4.78 is 0. The smallest absolute Gasteiger partial charge is 0.227 e. The SMILES string of the molecule is Cc1cc(N2CCN(c3cccc(C)c3C)CC2)nc(N2CCCCC2)n1. The van der Waals surface area contributed by atoms with Crippen molar-refractivity contribution in [3.63, 3.8) is 0 Å². The molecule has 5 heteroatoms. The number of piperazine rings is 1. The van der Waals surface area contributed by atoms with Gasteiger partial charge in [0.15, 0.2) is 0 Å². The van der Waals surface area contributed by atoms with Gasteiger partial charge in [-0.05, 0) is 57.2 Å². The first-order valence-corrected chi connectivity index (χ1v) is 10.3. The Hall–Kier alpha value is -2.30. The van der Waals surface area contributed by atoms with Gasteiger partial charge in [-0.25, -0.2) is 4.98 Å². The lowest BCUT2D eigenvalue weighted by Gasteiger charge is -2.38. The number of aryl methyl sites for hydroxylation is 2. The molecule has 0 N–H and O–H groups in total. The van der Waals surface area contributed by atoms with E-state index in [1.807, 2.05) is 0 Å². The molecular formula is C22H31N5. The number of rotatable bonds is 3. The molecule has 0 spiro atoms. The molecule has 0 radical (unpaired) electrons. The monoisotopic (exact) mass is 365 g/mol. The zero-order chi connectivity index (χ0) is 18.8. The summed E-state index contributed by atoms with van der Waals surface area (Å²) in [5.41, 5.74) is 5.21. The van der Waals surface area contributed by atoms with E-state index in [0.29, 0.717) is 0 Å². The van der Waals surface area contributed by atoms with Gasteiger partial charge < -0.3 is 14.7 Å². The Bertz CT molecular complexity index is 789. The zero-order valence-corrected chi connectivity index (χ0v) is 16.9. The lowest BCUT2D eigenvalue weighted by atomic mass is 10.1. The zero-order valence-electron chi connectivity index (χ0n) is 16.9. The summed E-state index contributed by atoms with van der Waals surface area (Å²) in [6, 6.07) is 8.76. The van der Waals surface area contributed by atoms with E-state index in [9.17, 15) is 0 Å². The summed E-state index contributed by atoms with van der Waals surface area (Å²) in [4.78, 5) is 16.9. The second-order valence-electron chi connectivity index (χ2n) is 7.91. The third-order valence-corrected chi connectivity index (χ3v) is 5.99. The number of hydrogen-bond acceptors (Lipinski definition) is 5. The fraction of sp³-hybridized carbons (Fsp3) is 0.545. The molecule has 2 saturated heterocycles. The van der Waals surface area contributed by atoms with Crippen molar-refractivity contribution in [1.29, 1.82) is 0 Å². The quantitative estimate of drug-likeness (QED) is 0.828. The van der Waals surface area contributed by atoms with Crippen molar-refractivity contribution in [2.75, 3.05) is 54.0 Å². The van der Waals surface area contributed by atoms with Crippen LogP contribution in [0.4, 0.5) is 17.5 Å². The van der Waals surface area contributed by atoms with Gasteiger partial charge in [0, 0.05) is 56.7 Å². The molecule has 0 amide bonds. The molecule has 0 aliphatic carbocycles. The molecule has 2 aliphatic rings. The van der Waals surface area contributed by atoms with Crippen LogP contribution in [0.2, 0.25) is 0 Å². The van der Waals surface area contributed by atoms with Gasteiger partial charge >= 0.3 is 0 Å². The number of aromatic nitrogens is 2. The van der Waals surface area contributed by atoms with Crippen molar-refractivity contribution in [3.05, 3.63) is 41.1 Å². The highest BCUT2D eigenvalue weighted by molar-refractivity contribution is 5.57. The maximum absolute atomic E-state index is 4.93. The van der Waals surface area contributed by atoms with E-state index in [0.717, 1.165) is 56.7 Å². The normalized spacial score (nSPS) is 18.1. The Morgan fingerprint density at radius 1 is 0.741 bits per heavy atom. The maximum atomic E-state index is 4.93. The molecule has 4 rings (SSSR count). The van der Waals surface area contributed by atoms with Gasteiger partial charge in [0.2, 0.25) is 5.95 Å². The molecule has 5 nitrogen and oxygen atoms in total. The fourth-order valence-corrected chi connectivity index (χ4v) is 4.19. The van der Waals surface area contributed by atoms with E-state index in [1.165, 1.54) is 36.1 Å². The van der Waals surface area contributed by atoms with Crippen molar-refractivity contribution < 1.29 is 0 Å². The highest BCUT2D eigenvalue weighted by Crippen LogP contribution is 2.26. The van der Waals surface area contributed by atoms with Gasteiger partial charge in [0.25, 0.3) is 0 Å². The topological polar surface area (TPSA) is 35.5 Å². The first-order chi connectivity index (χ1) is 13.1. The highest BCUT2D eigenvalue weighted by atomic mass is 15.3. The summed E-state index contributed by atoms with van der Waals surface area (Å²) in [6.07, 6.45) is 3.83.